The van der Waals surface area contributed by atoms with Crippen LogP contribution in [0.25, 0.3) is 5.69 Å². The largest absolute Gasteiger partial charge is 0.416 e. The summed E-state index contributed by atoms with van der Waals surface area (Å²) in [6.07, 6.45) is 2.38. The molecule has 6 nitrogen and oxygen atoms in total. The van der Waals surface area contributed by atoms with Gasteiger partial charge in [-0.1, -0.05) is 30.5 Å². The number of rotatable bonds is 5. The second-order valence-corrected chi connectivity index (χ2v) is 6.81. The first-order valence-corrected chi connectivity index (χ1v) is 8.99. The van der Waals surface area contributed by atoms with E-state index in [9.17, 15) is 18.0 Å². The molecule has 3 N–H and O–H groups in total. The third-order valence-corrected chi connectivity index (χ3v) is 4.95. The molecule has 1 atom stereocenters. The quantitative estimate of drug-likeness (QED) is 0.834. The van der Waals surface area contributed by atoms with Crippen LogP contribution in [-0.2, 0) is 6.18 Å². The Kier molecular flexibility index (Phi) is 5.79. The summed E-state index contributed by atoms with van der Waals surface area (Å²) in [5.74, 6) is -0.0829. The average Bonchev–Trinajstić information content (AvgIpc) is 3.16. The van der Waals surface area contributed by atoms with Crippen LogP contribution in [0.1, 0.15) is 48.2 Å². The smallest absolute Gasteiger partial charge is 0.346 e. The number of aromatic nitrogens is 3. The van der Waals surface area contributed by atoms with Crippen LogP contribution >= 0.6 is 0 Å². The monoisotopic (exact) mass is 381 g/mol. The SMILES string of the molecule is NCC(NC(=O)c1cn(-c2cccc(C(F)(F)F)c2)nn1)C1CCCCC1. The number of amides is 1. The lowest BCUT2D eigenvalue weighted by Gasteiger charge is -2.29. The van der Waals surface area contributed by atoms with Gasteiger partial charge in [-0.3, -0.25) is 4.79 Å². The fourth-order valence-corrected chi connectivity index (χ4v) is 3.47. The molecule has 0 spiro atoms. The van der Waals surface area contributed by atoms with Gasteiger partial charge in [0, 0.05) is 12.6 Å². The zero-order valence-corrected chi connectivity index (χ0v) is 14.7. The van der Waals surface area contributed by atoms with Crippen LogP contribution in [0.4, 0.5) is 13.2 Å². The van der Waals surface area contributed by atoms with Gasteiger partial charge in [0.15, 0.2) is 5.69 Å². The molecule has 1 aromatic heterocycles. The molecule has 1 aromatic carbocycles. The van der Waals surface area contributed by atoms with E-state index >= 15 is 0 Å². The van der Waals surface area contributed by atoms with Crippen molar-refractivity contribution < 1.29 is 18.0 Å². The number of carbonyl (C=O) groups excluding carboxylic acids is 1. The van der Waals surface area contributed by atoms with Crippen LogP contribution in [-0.4, -0.2) is 33.5 Å². The number of nitrogens with zero attached hydrogens (tertiary/aromatic N) is 3. The predicted molar refractivity (Wildman–Crippen MR) is 93.2 cm³/mol. The van der Waals surface area contributed by atoms with E-state index in [0.29, 0.717) is 12.5 Å². The molecule has 1 unspecified atom stereocenters. The van der Waals surface area contributed by atoms with Crippen molar-refractivity contribution in [3.63, 3.8) is 0 Å². The van der Waals surface area contributed by atoms with Crippen molar-refractivity contribution in [3.8, 4) is 5.69 Å². The summed E-state index contributed by atoms with van der Waals surface area (Å²) in [4.78, 5) is 12.5. The van der Waals surface area contributed by atoms with E-state index in [2.05, 4.69) is 15.6 Å². The first-order valence-electron chi connectivity index (χ1n) is 8.99. The third-order valence-electron chi connectivity index (χ3n) is 4.95. The summed E-state index contributed by atoms with van der Waals surface area (Å²) < 4.78 is 39.7. The zero-order valence-electron chi connectivity index (χ0n) is 14.7. The van der Waals surface area contributed by atoms with Gasteiger partial charge in [0.1, 0.15) is 0 Å². The Morgan fingerprint density at radius 1 is 1.30 bits per heavy atom. The van der Waals surface area contributed by atoms with Gasteiger partial charge in [-0.15, -0.1) is 5.10 Å². The van der Waals surface area contributed by atoms with Crippen LogP contribution in [0, 0.1) is 5.92 Å². The number of alkyl halides is 3. The molecular formula is C18H22F3N5O. The average molecular weight is 381 g/mol. The van der Waals surface area contributed by atoms with Crippen molar-refractivity contribution in [1.82, 2.24) is 20.3 Å². The molecule has 0 radical (unpaired) electrons. The molecule has 1 aliphatic rings. The highest BCUT2D eigenvalue weighted by molar-refractivity contribution is 5.92. The summed E-state index contributed by atoms with van der Waals surface area (Å²) in [5, 5.41) is 10.5. The van der Waals surface area contributed by atoms with Crippen molar-refractivity contribution in [1.29, 1.82) is 0 Å². The Hall–Kier alpha value is -2.42. The van der Waals surface area contributed by atoms with Gasteiger partial charge in [0.2, 0.25) is 0 Å². The van der Waals surface area contributed by atoms with E-state index in [4.69, 9.17) is 5.73 Å². The lowest BCUT2D eigenvalue weighted by molar-refractivity contribution is -0.137. The number of carbonyl (C=O) groups is 1. The van der Waals surface area contributed by atoms with Crippen molar-refractivity contribution in [3.05, 3.63) is 41.7 Å². The summed E-state index contributed by atoms with van der Waals surface area (Å²) in [6, 6.07) is 4.55. The van der Waals surface area contributed by atoms with E-state index in [0.717, 1.165) is 42.5 Å². The van der Waals surface area contributed by atoms with E-state index in [1.54, 1.807) is 0 Å². The topological polar surface area (TPSA) is 85.8 Å². The Labute approximate surface area is 154 Å². The molecule has 0 saturated heterocycles. The van der Waals surface area contributed by atoms with E-state index in [-0.39, 0.29) is 17.4 Å². The van der Waals surface area contributed by atoms with Crippen LogP contribution in [0.2, 0.25) is 0 Å². The van der Waals surface area contributed by atoms with Crippen LogP contribution in [0.3, 0.4) is 0 Å². The Morgan fingerprint density at radius 3 is 2.70 bits per heavy atom. The second-order valence-electron chi connectivity index (χ2n) is 6.81. The molecule has 0 aliphatic heterocycles. The molecule has 27 heavy (non-hydrogen) atoms. The van der Waals surface area contributed by atoms with E-state index in [1.807, 2.05) is 0 Å². The van der Waals surface area contributed by atoms with Crippen LogP contribution in [0.15, 0.2) is 30.5 Å². The molecule has 1 aliphatic carbocycles. The second kappa shape index (κ2) is 8.08. The molecule has 146 valence electrons. The van der Waals surface area contributed by atoms with Crippen LogP contribution in [0.5, 0.6) is 0 Å². The van der Waals surface area contributed by atoms with Crippen molar-refractivity contribution in [2.45, 2.75) is 44.3 Å². The van der Waals surface area contributed by atoms with Crippen molar-refractivity contribution >= 4 is 5.91 Å². The Bertz CT molecular complexity index is 783. The first-order chi connectivity index (χ1) is 12.9. The summed E-state index contributed by atoms with van der Waals surface area (Å²) in [7, 11) is 0. The van der Waals surface area contributed by atoms with Gasteiger partial charge in [-0.2, -0.15) is 13.2 Å². The summed E-state index contributed by atoms with van der Waals surface area (Å²) >= 11 is 0. The highest BCUT2D eigenvalue weighted by Crippen LogP contribution is 2.30. The van der Waals surface area contributed by atoms with Crippen molar-refractivity contribution in [2.75, 3.05) is 6.54 Å². The lowest BCUT2D eigenvalue weighted by Crippen LogP contribution is -2.46. The van der Waals surface area contributed by atoms with Gasteiger partial charge in [-0.25, -0.2) is 4.68 Å². The molecule has 0 bridgehead atoms. The van der Waals surface area contributed by atoms with Gasteiger partial charge >= 0.3 is 6.18 Å². The van der Waals surface area contributed by atoms with Crippen molar-refractivity contribution in [2.24, 2.45) is 11.7 Å². The maximum atomic E-state index is 12.9. The Morgan fingerprint density at radius 2 is 2.04 bits per heavy atom. The van der Waals surface area contributed by atoms with Gasteiger partial charge in [0.05, 0.1) is 17.4 Å². The normalized spacial score (nSPS) is 16.9. The summed E-state index contributed by atoms with van der Waals surface area (Å²) in [5.41, 5.74) is 5.25. The van der Waals surface area contributed by atoms with E-state index in [1.165, 1.54) is 24.8 Å². The molecular weight excluding hydrogens is 359 g/mol. The molecule has 1 amide bonds. The number of halogens is 3. The number of nitrogens with one attached hydrogen (secondary N) is 1. The lowest BCUT2D eigenvalue weighted by atomic mass is 9.84. The zero-order chi connectivity index (χ0) is 19.4. The van der Waals surface area contributed by atoms with Gasteiger partial charge < -0.3 is 11.1 Å². The minimum atomic E-state index is -4.45. The molecule has 3 rings (SSSR count). The van der Waals surface area contributed by atoms with Crippen LogP contribution < -0.4 is 11.1 Å². The molecule has 1 saturated carbocycles. The number of nitrogens with two attached hydrogens (primary N) is 1. The molecule has 1 heterocycles. The number of hydrogen-bond acceptors (Lipinski definition) is 4. The number of hydrogen-bond donors (Lipinski definition) is 2. The fraction of sp³-hybridized carbons (Fsp3) is 0.500. The molecule has 1 fully saturated rings. The highest BCUT2D eigenvalue weighted by Gasteiger charge is 2.31. The fourth-order valence-electron chi connectivity index (χ4n) is 3.47. The minimum Gasteiger partial charge on any atom is -0.346 e. The van der Waals surface area contributed by atoms with Gasteiger partial charge in [0.25, 0.3) is 5.91 Å². The standard InChI is InChI=1S/C18H22F3N5O/c19-18(20,21)13-7-4-8-14(9-13)26-11-16(24-25-26)17(27)23-15(10-22)12-5-2-1-3-6-12/h4,7-9,11-12,15H,1-3,5-6,10,22H2,(H,23,27). The number of benzene rings is 1. The van der Waals surface area contributed by atoms with Gasteiger partial charge in [-0.05, 0) is 37.0 Å². The first kappa shape index (κ1) is 19.3. The third kappa shape index (κ3) is 4.65. The maximum Gasteiger partial charge on any atom is 0.416 e. The molecule has 9 heteroatoms. The summed E-state index contributed by atoms with van der Waals surface area (Å²) in [6.45, 7) is 0.332. The highest BCUT2D eigenvalue weighted by atomic mass is 19.4. The minimum absolute atomic E-state index is 0.0432. The maximum absolute atomic E-state index is 12.9. The Balaban J connectivity index is 1.72. The van der Waals surface area contributed by atoms with E-state index < -0.39 is 17.6 Å². The predicted octanol–water partition coefficient (Wildman–Crippen LogP) is 2.92. The molecule has 2 aromatic rings.